The van der Waals surface area contributed by atoms with Crippen LogP contribution in [0.1, 0.15) is 41.1 Å². The number of aromatic hydroxyl groups is 1. The van der Waals surface area contributed by atoms with E-state index >= 15 is 0 Å². The van der Waals surface area contributed by atoms with Crippen molar-refractivity contribution in [1.82, 2.24) is 0 Å². The second-order valence-corrected chi connectivity index (χ2v) is 4.66. The van der Waals surface area contributed by atoms with Gasteiger partial charge in [0.15, 0.2) is 6.29 Å². The lowest BCUT2D eigenvalue weighted by molar-refractivity contribution is -0.141. The van der Waals surface area contributed by atoms with E-state index in [2.05, 4.69) is 0 Å². The lowest BCUT2D eigenvalue weighted by atomic mass is 9.90. The standard InChI is InChI=1S/C14H16O4/c1-18-14(17)7-12(9-2-3-9)10-4-5-11(8-15)13(16)6-10/h4-6,8-9,12,16H,2-3,7H2,1H3/t12-/m0/s1. The van der Waals surface area contributed by atoms with Crippen molar-refractivity contribution in [3.05, 3.63) is 29.3 Å². The predicted molar refractivity (Wildman–Crippen MR) is 65.6 cm³/mol. The van der Waals surface area contributed by atoms with Crippen LogP contribution in [0.3, 0.4) is 0 Å². The summed E-state index contributed by atoms with van der Waals surface area (Å²) in [5.41, 5.74) is 1.16. The van der Waals surface area contributed by atoms with Crippen LogP contribution in [-0.4, -0.2) is 24.5 Å². The Balaban J connectivity index is 2.22. The Morgan fingerprint density at radius 2 is 2.28 bits per heavy atom. The number of phenolic OH excluding ortho intramolecular Hbond substituents is 1. The van der Waals surface area contributed by atoms with Crippen molar-refractivity contribution in [3.8, 4) is 5.75 Å². The number of esters is 1. The van der Waals surface area contributed by atoms with Crippen molar-refractivity contribution in [1.29, 1.82) is 0 Å². The van der Waals surface area contributed by atoms with Crippen LogP contribution < -0.4 is 0 Å². The van der Waals surface area contributed by atoms with Gasteiger partial charge in [0, 0.05) is 0 Å². The monoisotopic (exact) mass is 248 g/mol. The summed E-state index contributed by atoms with van der Waals surface area (Å²) in [5, 5.41) is 9.69. The molecule has 0 aliphatic heterocycles. The molecule has 1 atom stereocenters. The Labute approximate surface area is 106 Å². The molecule has 4 nitrogen and oxygen atoms in total. The van der Waals surface area contributed by atoms with Crippen molar-refractivity contribution < 1.29 is 19.4 Å². The molecular weight excluding hydrogens is 232 g/mol. The molecule has 0 amide bonds. The summed E-state index contributed by atoms with van der Waals surface area (Å²) in [6.07, 6.45) is 3.13. The Kier molecular flexibility index (Phi) is 3.65. The minimum Gasteiger partial charge on any atom is -0.507 e. The van der Waals surface area contributed by atoms with Gasteiger partial charge in [-0.25, -0.2) is 0 Å². The minimum atomic E-state index is -0.245. The Morgan fingerprint density at radius 3 is 2.78 bits per heavy atom. The summed E-state index contributed by atoms with van der Waals surface area (Å²) in [5.74, 6) is 0.276. The topological polar surface area (TPSA) is 63.6 Å². The summed E-state index contributed by atoms with van der Waals surface area (Å²) < 4.78 is 4.70. The molecule has 0 unspecified atom stereocenters. The molecule has 1 aromatic carbocycles. The van der Waals surface area contributed by atoms with E-state index in [1.807, 2.05) is 0 Å². The fourth-order valence-corrected chi connectivity index (χ4v) is 2.21. The maximum atomic E-state index is 11.4. The lowest BCUT2D eigenvalue weighted by Gasteiger charge is -2.16. The SMILES string of the molecule is COC(=O)C[C@H](c1ccc(C=O)c(O)c1)C1CC1. The van der Waals surface area contributed by atoms with E-state index in [-0.39, 0.29) is 23.2 Å². The number of benzene rings is 1. The van der Waals surface area contributed by atoms with Crippen molar-refractivity contribution in [2.45, 2.75) is 25.2 Å². The molecule has 0 bridgehead atoms. The van der Waals surface area contributed by atoms with Gasteiger partial charge >= 0.3 is 5.97 Å². The van der Waals surface area contributed by atoms with Gasteiger partial charge in [0.25, 0.3) is 0 Å². The van der Waals surface area contributed by atoms with Gasteiger partial charge in [0.2, 0.25) is 0 Å². The van der Waals surface area contributed by atoms with Gasteiger partial charge in [-0.2, -0.15) is 0 Å². The van der Waals surface area contributed by atoms with Crippen molar-refractivity contribution in [2.75, 3.05) is 7.11 Å². The molecule has 1 aliphatic carbocycles. The molecule has 0 aromatic heterocycles. The molecule has 1 aromatic rings. The first-order chi connectivity index (χ1) is 8.65. The Morgan fingerprint density at radius 1 is 1.56 bits per heavy atom. The van der Waals surface area contributed by atoms with E-state index < -0.39 is 0 Å². The molecule has 96 valence electrons. The van der Waals surface area contributed by atoms with Gasteiger partial charge in [0.05, 0.1) is 19.1 Å². The molecule has 18 heavy (non-hydrogen) atoms. The normalized spacial score (nSPS) is 16.1. The molecule has 1 aliphatic rings. The van der Waals surface area contributed by atoms with Crippen molar-refractivity contribution >= 4 is 12.3 Å². The van der Waals surface area contributed by atoms with Gasteiger partial charge in [-0.1, -0.05) is 6.07 Å². The molecule has 1 saturated carbocycles. The highest BCUT2D eigenvalue weighted by Gasteiger charge is 2.34. The number of carbonyl (C=O) groups excluding carboxylic acids is 2. The number of rotatable bonds is 5. The van der Waals surface area contributed by atoms with Crippen LogP contribution in [-0.2, 0) is 9.53 Å². The second kappa shape index (κ2) is 5.21. The van der Waals surface area contributed by atoms with Crippen LogP contribution in [0.25, 0.3) is 0 Å². The van der Waals surface area contributed by atoms with Crippen molar-refractivity contribution in [3.63, 3.8) is 0 Å². The highest BCUT2D eigenvalue weighted by atomic mass is 16.5. The maximum Gasteiger partial charge on any atom is 0.306 e. The average Bonchev–Trinajstić information content (AvgIpc) is 3.19. The molecular formula is C14H16O4. The van der Waals surface area contributed by atoms with E-state index in [0.29, 0.717) is 18.6 Å². The van der Waals surface area contributed by atoms with E-state index in [1.165, 1.54) is 7.11 Å². The number of aldehydes is 1. The predicted octanol–water partition coefficient (Wildman–Crippen LogP) is 2.26. The first-order valence-corrected chi connectivity index (χ1v) is 6.00. The third-order valence-corrected chi connectivity index (χ3v) is 3.41. The van der Waals surface area contributed by atoms with E-state index in [0.717, 1.165) is 18.4 Å². The molecule has 1 N–H and O–H groups in total. The lowest BCUT2D eigenvalue weighted by Crippen LogP contribution is -2.10. The largest absolute Gasteiger partial charge is 0.507 e. The number of methoxy groups -OCH3 is 1. The van der Waals surface area contributed by atoms with E-state index in [9.17, 15) is 14.7 Å². The second-order valence-electron chi connectivity index (χ2n) is 4.66. The van der Waals surface area contributed by atoms with Crippen LogP contribution in [0.5, 0.6) is 5.75 Å². The maximum absolute atomic E-state index is 11.4. The number of carbonyl (C=O) groups is 2. The van der Waals surface area contributed by atoms with Gasteiger partial charge in [-0.15, -0.1) is 0 Å². The zero-order valence-electron chi connectivity index (χ0n) is 10.3. The molecule has 2 rings (SSSR count). The summed E-state index contributed by atoms with van der Waals surface area (Å²) in [6, 6.07) is 4.97. The fourth-order valence-electron chi connectivity index (χ4n) is 2.21. The quantitative estimate of drug-likeness (QED) is 0.641. The molecule has 0 radical (unpaired) electrons. The van der Waals surface area contributed by atoms with Crippen molar-refractivity contribution in [2.24, 2.45) is 5.92 Å². The highest BCUT2D eigenvalue weighted by Crippen LogP contribution is 2.45. The Hall–Kier alpha value is -1.84. The third-order valence-electron chi connectivity index (χ3n) is 3.41. The van der Waals surface area contributed by atoms with Gasteiger partial charge < -0.3 is 9.84 Å². The van der Waals surface area contributed by atoms with E-state index in [4.69, 9.17) is 4.74 Å². The van der Waals surface area contributed by atoms with Crippen LogP contribution >= 0.6 is 0 Å². The average molecular weight is 248 g/mol. The first kappa shape index (κ1) is 12.6. The van der Waals surface area contributed by atoms with Gasteiger partial charge in [-0.05, 0) is 42.4 Å². The zero-order chi connectivity index (χ0) is 13.1. The van der Waals surface area contributed by atoms with E-state index in [1.54, 1.807) is 18.2 Å². The van der Waals surface area contributed by atoms with Crippen LogP contribution in [0.15, 0.2) is 18.2 Å². The molecule has 0 heterocycles. The molecule has 0 spiro atoms. The smallest absolute Gasteiger partial charge is 0.306 e. The Bertz CT molecular complexity index is 463. The number of hydrogen-bond acceptors (Lipinski definition) is 4. The number of hydrogen-bond donors (Lipinski definition) is 1. The zero-order valence-corrected chi connectivity index (χ0v) is 10.3. The first-order valence-electron chi connectivity index (χ1n) is 6.00. The fraction of sp³-hybridized carbons (Fsp3) is 0.429. The summed E-state index contributed by atoms with van der Waals surface area (Å²) in [6.45, 7) is 0. The van der Waals surface area contributed by atoms with Crippen LogP contribution in [0.2, 0.25) is 0 Å². The third kappa shape index (κ3) is 2.70. The highest BCUT2D eigenvalue weighted by molar-refractivity contribution is 5.79. The summed E-state index contributed by atoms with van der Waals surface area (Å²) >= 11 is 0. The molecule has 4 heteroatoms. The van der Waals surface area contributed by atoms with Gasteiger partial charge in [-0.3, -0.25) is 9.59 Å². The number of phenols is 1. The van der Waals surface area contributed by atoms with Crippen LogP contribution in [0, 0.1) is 5.92 Å². The number of ether oxygens (including phenoxy) is 1. The van der Waals surface area contributed by atoms with Gasteiger partial charge in [0.1, 0.15) is 5.75 Å². The minimum absolute atomic E-state index is 0.0296. The summed E-state index contributed by atoms with van der Waals surface area (Å²) in [7, 11) is 1.37. The van der Waals surface area contributed by atoms with Crippen LogP contribution in [0.4, 0.5) is 0 Å². The molecule has 0 saturated heterocycles. The summed E-state index contributed by atoms with van der Waals surface area (Å²) in [4.78, 5) is 22.0. The molecule has 1 fully saturated rings.